The van der Waals surface area contributed by atoms with Crippen molar-refractivity contribution in [3.63, 3.8) is 0 Å². The maximum atomic E-state index is 13.5. The van der Waals surface area contributed by atoms with Gasteiger partial charge in [-0.15, -0.1) is 0 Å². The van der Waals surface area contributed by atoms with Crippen LogP contribution in [0.1, 0.15) is 20.8 Å². The molecule has 0 aromatic rings. The molecule has 7 nitrogen and oxygen atoms in total. The summed E-state index contributed by atoms with van der Waals surface area (Å²) in [6, 6.07) is 0.467. The fraction of sp³-hybridized carbons (Fsp3) is 0.941. The molecule has 9 heteroatoms. The molecule has 0 saturated heterocycles. The summed E-state index contributed by atoms with van der Waals surface area (Å²) >= 11 is 3.96. The average molecular weight is 399 g/mol. The van der Waals surface area contributed by atoms with Crippen LogP contribution < -0.4 is 10.6 Å². The molecule has 0 heterocycles. The minimum atomic E-state index is -1.25. The molecule has 0 aliphatic rings. The Morgan fingerprint density at radius 2 is 1.42 bits per heavy atom. The smallest absolute Gasteiger partial charge is 0.232 e. The van der Waals surface area contributed by atoms with Crippen molar-refractivity contribution in [2.24, 2.45) is 0 Å². The third-order valence-corrected chi connectivity index (χ3v) is 3.33. The topological polar surface area (TPSA) is 78.1 Å². The number of ether oxygens (including phenoxy) is 4. The van der Waals surface area contributed by atoms with Gasteiger partial charge in [-0.05, 0) is 6.92 Å². The summed E-state index contributed by atoms with van der Waals surface area (Å²) in [5.74, 6) is -0.294. The minimum Gasteiger partial charge on any atom is -0.378 e. The Bertz CT molecular complexity index is 338. The fourth-order valence-corrected chi connectivity index (χ4v) is 1.80. The molecule has 0 spiro atoms. The van der Waals surface area contributed by atoms with E-state index in [1.807, 2.05) is 0 Å². The minimum absolute atomic E-state index is 0.0754. The van der Waals surface area contributed by atoms with Crippen molar-refractivity contribution in [1.82, 2.24) is 10.6 Å². The van der Waals surface area contributed by atoms with E-state index in [1.165, 1.54) is 0 Å². The van der Waals surface area contributed by atoms with Gasteiger partial charge in [0.25, 0.3) is 0 Å². The van der Waals surface area contributed by atoms with Gasteiger partial charge in [-0.25, -0.2) is 4.39 Å². The number of alkyl halides is 1. The molecule has 2 N–H and O–H groups in total. The van der Waals surface area contributed by atoms with Crippen molar-refractivity contribution < 1.29 is 28.1 Å². The maximum Gasteiger partial charge on any atom is 0.232 e. The molecule has 0 fully saturated rings. The van der Waals surface area contributed by atoms with Crippen LogP contribution in [0.15, 0.2) is 0 Å². The number of carbonyl (C=O) groups is 1. The van der Waals surface area contributed by atoms with Crippen LogP contribution in [0.25, 0.3) is 0 Å². The summed E-state index contributed by atoms with van der Waals surface area (Å²) in [4.78, 5) is 11.2. The molecule has 0 aliphatic carbocycles. The third-order valence-electron chi connectivity index (χ3n) is 3.09. The second-order valence-electron chi connectivity index (χ2n) is 6.04. The fourth-order valence-electron chi connectivity index (χ4n) is 1.71. The maximum absolute atomic E-state index is 13.5. The summed E-state index contributed by atoms with van der Waals surface area (Å²) in [6.07, 6.45) is -1.25. The monoisotopic (exact) mass is 398 g/mol. The molecule has 26 heavy (non-hydrogen) atoms. The van der Waals surface area contributed by atoms with E-state index >= 15 is 0 Å². The molecular weight excluding hydrogens is 363 g/mol. The Hall–Kier alpha value is -0.450. The number of halogens is 1. The zero-order valence-corrected chi connectivity index (χ0v) is 17.1. The SMILES string of the molecule is CC(C)NCCOCCOCCOCCOCC(F)CNC(=O)C(C)S. The first kappa shape index (κ1) is 25.6. The van der Waals surface area contributed by atoms with Crippen molar-refractivity contribution >= 4 is 18.5 Å². The number of amides is 1. The Labute approximate surface area is 162 Å². The van der Waals surface area contributed by atoms with E-state index in [4.69, 9.17) is 18.9 Å². The van der Waals surface area contributed by atoms with Gasteiger partial charge < -0.3 is 29.6 Å². The van der Waals surface area contributed by atoms with Gasteiger partial charge in [0, 0.05) is 12.6 Å². The Morgan fingerprint density at radius 3 is 1.92 bits per heavy atom. The average Bonchev–Trinajstić information content (AvgIpc) is 2.59. The summed E-state index contributed by atoms with van der Waals surface area (Å²) in [5, 5.41) is 5.26. The number of hydrogen-bond acceptors (Lipinski definition) is 7. The van der Waals surface area contributed by atoms with Crippen molar-refractivity contribution in [1.29, 1.82) is 0 Å². The van der Waals surface area contributed by atoms with Gasteiger partial charge in [-0.2, -0.15) is 12.6 Å². The van der Waals surface area contributed by atoms with E-state index in [9.17, 15) is 9.18 Å². The molecule has 0 saturated carbocycles. The van der Waals surface area contributed by atoms with Crippen LogP contribution in [0.5, 0.6) is 0 Å². The third kappa shape index (κ3) is 18.3. The van der Waals surface area contributed by atoms with Gasteiger partial charge in [0.15, 0.2) is 0 Å². The number of nitrogens with one attached hydrogen (secondary N) is 2. The Balaban J connectivity index is 3.20. The molecule has 0 aromatic carbocycles. The van der Waals surface area contributed by atoms with E-state index in [0.717, 1.165) is 6.54 Å². The zero-order valence-electron chi connectivity index (χ0n) is 16.2. The first-order valence-electron chi connectivity index (χ1n) is 9.07. The number of rotatable bonds is 18. The van der Waals surface area contributed by atoms with Crippen molar-refractivity contribution in [3.8, 4) is 0 Å². The first-order chi connectivity index (χ1) is 12.4. The zero-order chi connectivity index (χ0) is 19.6. The van der Waals surface area contributed by atoms with E-state index < -0.39 is 11.4 Å². The lowest BCUT2D eigenvalue weighted by Gasteiger charge is -2.12. The summed E-state index contributed by atoms with van der Waals surface area (Å²) in [5.41, 5.74) is 0. The van der Waals surface area contributed by atoms with E-state index in [2.05, 4.69) is 37.1 Å². The lowest BCUT2D eigenvalue weighted by Crippen LogP contribution is -2.36. The Kier molecular flexibility index (Phi) is 17.6. The quantitative estimate of drug-likeness (QED) is 0.234. The molecular formula is C17H35FN2O5S. The highest BCUT2D eigenvalue weighted by atomic mass is 32.1. The molecule has 0 aromatic heterocycles. The molecule has 2 unspecified atom stereocenters. The standard InChI is InChI=1S/C17H35FN2O5S/c1-14(2)19-4-5-22-6-7-23-8-9-24-10-11-25-13-16(18)12-20-17(21)15(3)26/h14-16,19,26H,4-13H2,1-3H3,(H,20,21). The number of carbonyl (C=O) groups excluding carboxylic acids is 1. The van der Waals surface area contributed by atoms with Crippen molar-refractivity contribution in [2.45, 2.75) is 38.2 Å². The van der Waals surface area contributed by atoms with E-state index in [1.54, 1.807) is 6.92 Å². The summed E-state index contributed by atoms with van der Waals surface area (Å²) in [6.45, 7) is 9.84. The van der Waals surface area contributed by atoms with Crippen LogP contribution in [0.2, 0.25) is 0 Å². The highest BCUT2D eigenvalue weighted by Crippen LogP contribution is 1.95. The second-order valence-corrected chi connectivity index (χ2v) is 6.81. The van der Waals surface area contributed by atoms with Crippen molar-refractivity contribution in [2.75, 3.05) is 65.9 Å². The summed E-state index contributed by atoms with van der Waals surface area (Å²) < 4.78 is 34.7. The van der Waals surface area contributed by atoms with Gasteiger partial charge in [0.1, 0.15) is 6.17 Å². The highest BCUT2D eigenvalue weighted by molar-refractivity contribution is 7.81. The van der Waals surface area contributed by atoms with Gasteiger partial charge in [0.2, 0.25) is 5.91 Å². The molecule has 156 valence electrons. The van der Waals surface area contributed by atoms with Crippen LogP contribution in [0.3, 0.4) is 0 Å². The highest BCUT2D eigenvalue weighted by Gasteiger charge is 2.11. The lowest BCUT2D eigenvalue weighted by molar-refractivity contribution is -0.120. The molecule has 1 amide bonds. The lowest BCUT2D eigenvalue weighted by atomic mass is 10.3. The van der Waals surface area contributed by atoms with Crippen LogP contribution in [-0.4, -0.2) is 89.3 Å². The number of thiol groups is 1. The van der Waals surface area contributed by atoms with E-state index in [0.29, 0.717) is 52.3 Å². The van der Waals surface area contributed by atoms with Gasteiger partial charge in [-0.1, -0.05) is 13.8 Å². The molecule has 0 bridgehead atoms. The predicted molar refractivity (Wildman–Crippen MR) is 103 cm³/mol. The Morgan fingerprint density at radius 1 is 0.923 bits per heavy atom. The van der Waals surface area contributed by atoms with Gasteiger partial charge >= 0.3 is 0 Å². The predicted octanol–water partition coefficient (Wildman–Crippen LogP) is 0.823. The van der Waals surface area contributed by atoms with Crippen molar-refractivity contribution in [3.05, 3.63) is 0 Å². The van der Waals surface area contributed by atoms with Crippen LogP contribution in [-0.2, 0) is 23.7 Å². The van der Waals surface area contributed by atoms with Gasteiger partial charge in [-0.3, -0.25) is 4.79 Å². The first-order valence-corrected chi connectivity index (χ1v) is 9.59. The molecule has 0 rings (SSSR count). The summed E-state index contributed by atoms with van der Waals surface area (Å²) in [7, 11) is 0. The van der Waals surface area contributed by atoms with E-state index in [-0.39, 0.29) is 19.1 Å². The largest absolute Gasteiger partial charge is 0.378 e. The van der Waals surface area contributed by atoms with Crippen LogP contribution >= 0.6 is 12.6 Å². The van der Waals surface area contributed by atoms with Crippen LogP contribution in [0, 0.1) is 0 Å². The van der Waals surface area contributed by atoms with Crippen LogP contribution in [0.4, 0.5) is 4.39 Å². The second kappa shape index (κ2) is 17.9. The normalized spacial score (nSPS) is 13.8. The molecule has 2 atom stereocenters. The number of hydrogen-bond donors (Lipinski definition) is 3. The van der Waals surface area contributed by atoms with Gasteiger partial charge in [0.05, 0.1) is 64.6 Å². The molecule has 0 aliphatic heterocycles. The molecule has 0 radical (unpaired) electrons.